The van der Waals surface area contributed by atoms with Crippen LogP contribution in [0.15, 0.2) is 42.2 Å². The smallest absolute Gasteiger partial charge is 0.330 e. The Kier molecular flexibility index (Phi) is 6.31. The third-order valence-electron chi connectivity index (χ3n) is 5.16. The Hall–Kier alpha value is -3.83. The van der Waals surface area contributed by atoms with Crippen molar-refractivity contribution in [3.63, 3.8) is 0 Å². The highest BCUT2D eigenvalue weighted by molar-refractivity contribution is 6.31. The second-order valence-electron chi connectivity index (χ2n) is 7.28. The summed E-state index contributed by atoms with van der Waals surface area (Å²) in [7, 11) is 0. The van der Waals surface area contributed by atoms with Crippen LogP contribution in [0.25, 0.3) is 17.0 Å². The summed E-state index contributed by atoms with van der Waals surface area (Å²) in [5, 5.41) is 13.9. The molecular weight excluding hydrogens is 477 g/mol. The van der Waals surface area contributed by atoms with Gasteiger partial charge in [-0.1, -0.05) is 23.7 Å². The molecule has 1 unspecified atom stereocenters. The van der Waals surface area contributed by atoms with E-state index in [4.69, 9.17) is 16.7 Å². The lowest BCUT2D eigenvalue weighted by Gasteiger charge is -2.24. The van der Waals surface area contributed by atoms with Crippen molar-refractivity contribution in [2.75, 3.05) is 13.2 Å². The Morgan fingerprint density at radius 3 is 2.65 bits per heavy atom. The Morgan fingerprint density at radius 1 is 1.18 bits per heavy atom. The first-order chi connectivity index (χ1) is 16.2. The maximum Gasteiger partial charge on any atom is 0.330 e. The minimum Gasteiger partial charge on any atom is -0.395 e. The van der Waals surface area contributed by atoms with Gasteiger partial charge in [-0.25, -0.2) is 22.9 Å². The standard InChI is InChI=1S/C22H16ClF3N4O4/c23-13-3-2-12-11(9-28-18(12)17(13)26)8-16-21(33)30(22(34)29-16)19(20(32)27-5-6-31)10-1-4-14(24)15(25)7-10/h1-4,7-9,19,28,31H,5-6H2,(H,27,32)(H,29,34)/b16-8-. The van der Waals surface area contributed by atoms with Crippen LogP contribution in [-0.4, -0.2) is 46.0 Å². The van der Waals surface area contributed by atoms with E-state index >= 15 is 0 Å². The fourth-order valence-electron chi connectivity index (χ4n) is 3.59. The molecule has 4 rings (SSSR count). The number of H-pyrrole nitrogens is 1. The molecular formula is C22H16ClF3N4O4. The second kappa shape index (κ2) is 9.20. The number of aromatic amines is 1. The number of aliphatic hydroxyl groups excluding tert-OH is 1. The van der Waals surface area contributed by atoms with Crippen LogP contribution in [0.3, 0.4) is 0 Å². The van der Waals surface area contributed by atoms with Gasteiger partial charge < -0.3 is 20.7 Å². The van der Waals surface area contributed by atoms with Gasteiger partial charge in [0, 0.05) is 23.7 Å². The molecule has 1 fully saturated rings. The Morgan fingerprint density at radius 2 is 1.94 bits per heavy atom. The predicted octanol–water partition coefficient (Wildman–Crippen LogP) is 2.98. The van der Waals surface area contributed by atoms with Crippen molar-refractivity contribution >= 4 is 46.4 Å². The minimum absolute atomic E-state index is 0.0935. The fourth-order valence-corrected chi connectivity index (χ4v) is 3.75. The number of rotatable bonds is 6. The van der Waals surface area contributed by atoms with Gasteiger partial charge in [-0.05, 0) is 29.8 Å². The van der Waals surface area contributed by atoms with Gasteiger partial charge in [-0.15, -0.1) is 0 Å². The number of carbonyl (C=O) groups is 3. The lowest BCUT2D eigenvalue weighted by molar-refractivity contribution is -0.133. The zero-order chi connectivity index (χ0) is 24.6. The van der Waals surface area contributed by atoms with E-state index in [0.29, 0.717) is 21.9 Å². The van der Waals surface area contributed by atoms with E-state index in [0.717, 1.165) is 12.1 Å². The summed E-state index contributed by atoms with van der Waals surface area (Å²) in [5.41, 5.74) is 0.0490. The number of nitrogens with zero attached hydrogens (tertiary/aromatic N) is 1. The van der Waals surface area contributed by atoms with Gasteiger partial charge >= 0.3 is 6.03 Å². The highest BCUT2D eigenvalue weighted by Crippen LogP contribution is 2.31. The zero-order valence-electron chi connectivity index (χ0n) is 17.2. The summed E-state index contributed by atoms with van der Waals surface area (Å²) >= 11 is 5.78. The van der Waals surface area contributed by atoms with Crippen LogP contribution in [0, 0.1) is 17.5 Å². The molecule has 0 saturated carbocycles. The predicted molar refractivity (Wildman–Crippen MR) is 116 cm³/mol. The van der Waals surface area contributed by atoms with E-state index in [1.54, 1.807) is 0 Å². The molecule has 0 spiro atoms. The number of fused-ring (bicyclic) bond motifs is 1. The van der Waals surface area contributed by atoms with Crippen LogP contribution < -0.4 is 10.6 Å². The molecule has 12 heteroatoms. The zero-order valence-corrected chi connectivity index (χ0v) is 17.9. The summed E-state index contributed by atoms with van der Waals surface area (Å²) in [4.78, 5) is 41.8. The van der Waals surface area contributed by atoms with Crippen molar-refractivity contribution in [1.29, 1.82) is 0 Å². The molecule has 2 heterocycles. The summed E-state index contributed by atoms with van der Waals surface area (Å²) < 4.78 is 41.5. The first-order valence-corrected chi connectivity index (χ1v) is 10.3. The SMILES string of the molecule is O=C(NCCO)C(c1ccc(F)c(F)c1)N1C(=O)N/C(=C\c2c[nH]c3c(F)c(Cl)ccc23)C1=O. The number of hydrogen-bond acceptors (Lipinski definition) is 4. The molecule has 1 atom stereocenters. The highest BCUT2D eigenvalue weighted by Gasteiger charge is 2.43. The van der Waals surface area contributed by atoms with Gasteiger partial charge in [-0.3, -0.25) is 9.59 Å². The van der Waals surface area contributed by atoms with E-state index in [1.807, 2.05) is 0 Å². The molecule has 0 radical (unpaired) electrons. The van der Waals surface area contributed by atoms with Crippen molar-refractivity contribution in [1.82, 2.24) is 20.5 Å². The van der Waals surface area contributed by atoms with E-state index in [9.17, 15) is 27.6 Å². The summed E-state index contributed by atoms with van der Waals surface area (Å²) in [6.45, 7) is -0.627. The molecule has 176 valence electrons. The molecule has 2 aromatic carbocycles. The second-order valence-corrected chi connectivity index (χ2v) is 7.69. The number of hydrogen-bond donors (Lipinski definition) is 4. The summed E-state index contributed by atoms with van der Waals surface area (Å²) in [6, 6.07) is 2.75. The largest absolute Gasteiger partial charge is 0.395 e. The van der Waals surface area contributed by atoms with Crippen molar-refractivity contribution in [2.24, 2.45) is 0 Å². The quantitative estimate of drug-likeness (QED) is 0.313. The number of benzene rings is 2. The van der Waals surface area contributed by atoms with Gasteiger partial charge in [0.15, 0.2) is 17.5 Å². The van der Waals surface area contributed by atoms with Crippen molar-refractivity contribution in [3.05, 3.63) is 75.8 Å². The number of imide groups is 1. The Bertz CT molecular complexity index is 1360. The van der Waals surface area contributed by atoms with E-state index < -0.39 is 47.9 Å². The maximum absolute atomic E-state index is 14.2. The Labute approximate surface area is 195 Å². The van der Waals surface area contributed by atoms with Gasteiger partial charge in [0.05, 0.1) is 17.1 Å². The number of halogens is 4. The van der Waals surface area contributed by atoms with E-state index in [-0.39, 0.29) is 28.3 Å². The lowest BCUT2D eigenvalue weighted by Crippen LogP contribution is -2.44. The average Bonchev–Trinajstić information content (AvgIpc) is 3.33. The van der Waals surface area contributed by atoms with Gasteiger partial charge in [0.1, 0.15) is 11.7 Å². The topological polar surface area (TPSA) is 115 Å². The molecule has 0 bridgehead atoms. The number of urea groups is 1. The molecule has 34 heavy (non-hydrogen) atoms. The maximum atomic E-state index is 14.2. The number of aromatic nitrogens is 1. The number of carbonyl (C=O) groups excluding carboxylic acids is 3. The molecule has 3 aromatic rings. The van der Waals surface area contributed by atoms with Crippen molar-refractivity contribution < 1.29 is 32.7 Å². The summed E-state index contributed by atoms with van der Waals surface area (Å²) in [5.74, 6) is -4.97. The first kappa shape index (κ1) is 23.3. The summed E-state index contributed by atoms with van der Waals surface area (Å²) in [6.07, 6.45) is 2.68. The molecule has 0 aliphatic carbocycles. The molecule has 1 aliphatic heterocycles. The van der Waals surface area contributed by atoms with Crippen LogP contribution in [0.2, 0.25) is 5.02 Å². The normalized spacial score (nSPS) is 15.8. The molecule has 8 nitrogen and oxygen atoms in total. The van der Waals surface area contributed by atoms with Crippen LogP contribution in [0.5, 0.6) is 0 Å². The van der Waals surface area contributed by atoms with E-state index in [1.165, 1.54) is 24.4 Å². The lowest BCUT2D eigenvalue weighted by atomic mass is 10.0. The Balaban J connectivity index is 1.73. The van der Waals surface area contributed by atoms with Crippen LogP contribution in [-0.2, 0) is 9.59 Å². The molecule has 1 saturated heterocycles. The van der Waals surface area contributed by atoms with Crippen LogP contribution in [0.1, 0.15) is 17.2 Å². The molecule has 4 N–H and O–H groups in total. The number of amides is 4. The molecule has 4 amide bonds. The third-order valence-corrected chi connectivity index (χ3v) is 5.46. The first-order valence-electron chi connectivity index (χ1n) is 9.87. The van der Waals surface area contributed by atoms with Gasteiger partial charge in [0.2, 0.25) is 5.91 Å². The van der Waals surface area contributed by atoms with Gasteiger partial charge in [-0.2, -0.15) is 0 Å². The van der Waals surface area contributed by atoms with Crippen LogP contribution in [0.4, 0.5) is 18.0 Å². The van der Waals surface area contributed by atoms with Crippen LogP contribution >= 0.6 is 11.6 Å². The molecule has 1 aromatic heterocycles. The van der Waals surface area contributed by atoms with E-state index in [2.05, 4.69) is 15.6 Å². The minimum atomic E-state index is -1.65. The van der Waals surface area contributed by atoms with Crippen molar-refractivity contribution in [3.8, 4) is 0 Å². The number of nitrogens with one attached hydrogen (secondary N) is 3. The van der Waals surface area contributed by atoms with Gasteiger partial charge in [0.25, 0.3) is 5.91 Å². The average molecular weight is 493 g/mol. The monoisotopic (exact) mass is 492 g/mol. The fraction of sp³-hybridized carbons (Fsp3) is 0.136. The third kappa shape index (κ3) is 4.11. The molecule has 1 aliphatic rings. The highest BCUT2D eigenvalue weighted by atomic mass is 35.5. The van der Waals surface area contributed by atoms with Crippen molar-refractivity contribution in [2.45, 2.75) is 6.04 Å². The number of aliphatic hydroxyl groups is 1.